The molecule has 0 bridgehead atoms. The van der Waals surface area contributed by atoms with Crippen molar-refractivity contribution >= 4 is 5.91 Å². The van der Waals surface area contributed by atoms with Crippen molar-refractivity contribution in [3.8, 4) is 0 Å². The molecule has 3 aliphatic carbocycles. The van der Waals surface area contributed by atoms with Crippen LogP contribution in [0.3, 0.4) is 0 Å². The number of nitrogens with zero attached hydrogens (tertiary/aromatic N) is 2. The van der Waals surface area contributed by atoms with Crippen molar-refractivity contribution in [3.05, 3.63) is 0 Å². The largest absolute Gasteiger partial charge is 0.338 e. The predicted molar refractivity (Wildman–Crippen MR) is 142 cm³/mol. The number of fused-ring (bicyclic) bond motifs is 3. The highest BCUT2D eigenvalue weighted by atomic mass is 16.2. The van der Waals surface area contributed by atoms with Crippen molar-refractivity contribution in [1.82, 2.24) is 9.80 Å². The zero-order valence-corrected chi connectivity index (χ0v) is 23.2. The van der Waals surface area contributed by atoms with Crippen molar-refractivity contribution in [2.45, 2.75) is 124 Å². The first-order chi connectivity index (χ1) is 16.2. The third-order valence-electron chi connectivity index (χ3n) is 12.0. The second kappa shape index (κ2) is 9.38. The highest BCUT2D eigenvalue weighted by Crippen LogP contribution is 2.66. The molecule has 5 rings (SSSR count). The van der Waals surface area contributed by atoms with E-state index < -0.39 is 0 Å². The van der Waals surface area contributed by atoms with Crippen LogP contribution in [-0.4, -0.2) is 47.9 Å². The molecule has 0 aromatic carbocycles. The fraction of sp³-hybridized carbons (Fsp3) is 0.968. The molecule has 2 heterocycles. The highest BCUT2D eigenvalue weighted by Gasteiger charge is 2.62. The molecule has 1 amide bonds. The molecule has 0 radical (unpaired) electrons. The van der Waals surface area contributed by atoms with Crippen molar-refractivity contribution in [2.24, 2.45) is 39.9 Å². The maximum atomic E-state index is 14.4. The number of likely N-dealkylation sites (tertiary alicyclic amines) is 2. The van der Waals surface area contributed by atoms with E-state index in [4.69, 9.17) is 0 Å². The van der Waals surface area contributed by atoms with E-state index in [0.717, 1.165) is 30.8 Å². The molecule has 194 valence electrons. The number of carbonyl (C=O) groups is 1. The molecule has 2 saturated heterocycles. The molecule has 6 atom stereocenters. The molecule has 0 aromatic heterocycles. The molecule has 3 heteroatoms. The topological polar surface area (TPSA) is 23.6 Å². The van der Waals surface area contributed by atoms with Gasteiger partial charge in [-0.15, -0.1) is 0 Å². The summed E-state index contributed by atoms with van der Waals surface area (Å²) in [6.45, 7) is 17.3. The first-order valence-electron chi connectivity index (χ1n) is 15.2. The molecule has 0 N–H and O–H groups in total. The number of carbonyl (C=O) groups excluding carboxylic acids is 1. The van der Waals surface area contributed by atoms with Gasteiger partial charge in [-0.3, -0.25) is 4.79 Å². The SMILES string of the molecule is CCCC(C)(C)C1CCC2C3CCCC3(C(=O)N3CCCC3CN3CCCC3)CCC2C1(C)C. The fourth-order valence-electron chi connectivity index (χ4n) is 10.7. The van der Waals surface area contributed by atoms with Crippen LogP contribution in [0.5, 0.6) is 0 Å². The Bertz CT molecular complexity index is 738. The fourth-order valence-corrected chi connectivity index (χ4v) is 10.7. The smallest absolute Gasteiger partial charge is 0.229 e. The lowest BCUT2D eigenvalue weighted by molar-refractivity contribution is -0.161. The second-order valence-corrected chi connectivity index (χ2v) is 14.5. The second-order valence-electron chi connectivity index (χ2n) is 14.5. The maximum absolute atomic E-state index is 14.4. The van der Waals surface area contributed by atoms with E-state index in [2.05, 4.69) is 44.4 Å². The van der Waals surface area contributed by atoms with Gasteiger partial charge in [-0.05, 0) is 118 Å². The Morgan fingerprint density at radius 3 is 2.38 bits per heavy atom. The number of amides is 1. The monoisotopic (exact) mass is 470 g/mol. The van der Waals surface area contributed by atoms with Crippen LogP contribution in [0.1, 0.15) is 118 Å². The van der Waals surface area contributed by atoms with Gasteiger partial charge in [0.1, 0.15) is 0 Å². The summed E-state index contributed by atoms with van der Waals surface area (Å²) in [5, 5.41) is 0. The molecular weight excluding hydrogens is 416 g/mol. The molecule has 5 aliphatic rings. The van der Waals surface area contributed by atoms with Gasteiger partial charge in [0.05, 0.1) is 5.41 Å². The minimum atomic E-state index is -0.0172. The molecule has 0 aromatic rings. The lowest BCUT2D eigenvalue weighted by Gasteiger charge is -2.60. The number of hydrogen-bond donors (Lipinski definition) is 0. The number of hydrogen-bond acceptors (Lipinski definition) is 2. The van der Waals surface area contributed by atoms with E-state index in [1.807, 2.05) is 0 Å². The van der Waals surface area contributed by atoms with Gasteiger partial charge in [0.15, 0.2) is 0 Å². The Kier molecular flexibility index (Phi) is 6.93. The van der Waals surface area contributed by atoms with Crippen LogP contribution in [0.15, 0.2) is 0 Å². The Hall–Kier alpha value is -0.570. The Labute approximate surface area is 210 Å². The summed E-state index contributed by atoms with van der Waals surface area (Å²) in [6, 6.07) is 0.487. The third kappa shape index (κ3) is 4.08. The van der Waals surface area contributed by atoms with E-state index in [1.54, 1.807) is 0 Å². The van der Waals surface area contributed by atoms with Gasteiger partial charge in [0.25, 0.3) is 0 Å². The highest BCUT2D eigenvalue weighted by molar-refractivity contribution is 5.84. The molecule has 3 saturated carbocycles. The zero-order chi connectivity index (χ0) is 24.1. The van der Waals surface area contributed by atoms with Crippen molar-refractivity contribution in [3.63, 3.8) is 0 Å². The number of rotatable bonds is 6. The normalized spacial score (nSPS) is 40.4. The van der Waals surface area contributed by atoms with Gasteiger partial charge in [0.2, 0.25) is 5.91 Å². The average molecular weight is 471 g/mol. The summed E-state index contributed by atoms with van der Waals surface area (Å²) in [5.41, 5.74) is 0.809. The van der Waals surface area contributed by atoms with Crippen LogP contribution in [0, 0.1) is 39.9 Å². The van der Waals surface area contributed by atoms with Crippen LogP contribution in [0.25, 0.3) is 0 Å². The van der Waals surface area contributed by atoms with Crippen molar-refractivity contribution in [2.75, 3.05) is 26.2 Å². The molecule has 6 unspecified atom stereocenters. The summed E-state index contributed by atoms with van der Waals surface area (Å²) >= 11 is 0. The minimum Gasteiger partial charge on any atom is -0.338 e. The van der Waals surface area contributed by atoms with E-state index in [-0.39, 0.29) is 5.41 Å². The van der Waals surface area contributed by atoms with Gasteiger partial charge < -0.3 is 9.80 Å². The lowest BCUT2D eigenvalue weighted by atomic mass is 9.44. The zero-order valence-electron chi connectivity index (χ0n) is 23.2. The molecule has 3 nitrogen and oxygen atoms in total. The summed E-state index contributed by atoms with van der Waals surface area (Å²) < 4.78 is 0. The van der Waals surface area contributed by atoms with Crippen molar-refractivity contribution in [1.29, 1.82) is 0 Å². The average Bonchev–Trinajstić information content (AvgIpc) is 3.54. The quantitative estimate of drug-likeness (QED) is 0.411. The standard InChI is InChI=1S/C31H54N2O/c1-6-16-29(2,3)27-14-13-24-25(30(27,4)5)15-18-31(17-9-12-26(24)31)28(34)33-21-10-11-23(33)22-32-19-7-8-20-32/h23-27H,6-22H2,1-5H3. The summed E-state index contributed by atoms with van der Waals surface area (Å²) in [7, 11) is 0. The Morgan fingerprint density at radius 2 is 1.65 bits per heavy atom. The third-order valence-corrected chi connectivity index (χ3v) is 12.0. The summed E-state index contributed by atoms with van der Waals surface area (Å²) in [6.07, 6.45) is 16.8. The van der Waals surface area contributed by atoms with Crippen LogP contribution in [0.4, 0.5) is 0 Å². The van der Waals surface area contributed by atoms with Crippen molar-refractivity contribution < 1.29 is 4.79 Å². The Balaban J connectivity index is 1.35. The van der Waals surface area contributed by atoms with E-state index >= 15 is 0 Å². The maximum Gasteiger partial charge on any atom is 0.229 e. The Morgan fingerprint density at radius 1 is 0.882 bits per heavy atom. The van der Waals surface area contributed by atoms with Gasteiger partial charge in [-0.2, -0.15) is 0 Å². The van der Waals surface area contributed by atoms with Crippen LogP contribution < -0.4 is 0 Å². The summed E-state index contributed by atoms with van der Waals surface area (Å²) in [4.78, 5) is 19.5. The van der Waals surface area contributed by atoms with E-state index in [1.165, 1.54) is 96.6 Å². The minimum absolute atomic E-state index is 0.0172. The summed E-state index contributed by atoms with van der Waals surface area (Å²) in [5.74, 6) is 3.66. The molecule has 34 heavy (non-hydrogen) atoms. The first kappa shape index (κ1) is 25.1. The lowest BCUT2D eigenvalue weighted by Crippen LogP contribution is -2.58. The van der Waals surface area contributed by atoms with E-state index in [0.29, 0.717) is 28.7 Å². The molecule has 5 fully saturated rings. The van der Waals surface area contributed by atoms with Gasteiger partial charge in [-0.1, -0.05) is 47.5 Å². The van der Waals surface area contributed by atoms with Gasteiger partial charge in [-0.25, -0.2) is 0 Å². The van der Waals surface area contributed by atoms with Crippen LogP contribution in [0.2, 0.25) is 0 Å². The van der Waals surface area contributed by atoms with Gasteiger partial charge >= 0.3 is 0 Å². The predicted octanol–water partition coefficient (Wildman–Crippen LogP) is 7.15. The van der Waals surface area contributed by atoms with Crippen LogP contribution in [-0.2, 0) is 4.79 Å². The molecular formula is C31H54N2O. The molecule has 2 aliphatic heterocycles. The van der Waals surface area contributed by atoms with Crippen LogP contribution >= 0.6 is 0 Å². The first-order valence-corrected chi connectivity index (χ1v) is 15.2. The molecule has 0 spiro atoms. The van der Waals surface area contributed by atoms with Gasteiger partial charge in [0, 0.05) is 19.1 Å². The van der Waals surface area contributed by atoms with E-state index in [9.17, 15) is 4.79 Å².